The van der Waals surface area contributed by atoms with Gasteiger partial charge >= 0.3 is 5.97 Å². The van der Waals surface area contributed by atoms with Crippen molar-refractivity contribution in [1.29, 1.82) is 0 Å². The Labute approximate surface area is 118 Å². The van der Waals surface area contributed by atoms with Gasteiger partial charge in [-0.3, -0.25) is 9.59 Å². The lowest BCUT2D eigenvalue weighted by atomic mass is 10.1. The molecule has 1 aromatic rings. The van der Waals surface area contributed by atoms with Crippen LogP contribution in [0, 0.1) is 0 Å². The van der Waals surface area contributed by atoms with Crippen LogP contribution in [0.3, 0.4) is 0 Å². The predicted octanol–water partition coefficient (Wildman–Crippen LogP) is 1.86. The lowest BCUT2D eigenvalue weighted by Crippen LogP contribution is -2.48. The molecule has 2 atom stereocenters. The first-order chi connectivity index (χ1) is 9.45. The van der Waals surface area contributed by atoms with Crippen molar-refractivity contribution >= 4 is 11.9 Å². The molecule has 5 nitrogen and oxygen atoms in total. The lowest BCUT2D eigenvalue weighted by Gasteiger charge is -2.35. The number of benzene rings is 1. The minimum absolute atomic E-state index is 0.0265. The van der Waals surface area contributed by atoms with E-state index in [1.807, 2.05) is 13.8 Å². The lowest BCUT2D eigenvalue weighted by molar-refractivity contribution is -0.131. The van der Waals surface area contributed by atoms with E-state index < -0.39 is 0 Å². The maximum atomic E-state index is 12.4. The molecular formula is C15H19NO4. The van der Waals surface area contributed by atoms with E-state index in [2.05, 4.69) is 0 Å². The number of amides is 1. The van der Waals surface area contributed by atoms with Gasteiger partial charge in [-0.05, 0) is 38.1 Å². The van der Waals surface area contributed by atoms with Gasteiger partial charge in [0.2, 0.25) is 0 Å². The monoisotopic (exact) mass is 277 g/mol. The fourth-order valence-corrected chi connectivity index (χ4v) is 2.36. The largest absolute Gasteiger partial charge is 0.427 e. The number of carbonyl (C=O) groups excluding carboxylic acids is 2. The molecule has 0 saturated carbocycles. The second-order valence-corrected chi connectivity index (χ2v) is 5.09. The first-order valence-corrected chi connectivity index (χ1v) is 6.69. The van der Waals surface area contributed by atoms with Crippen LogP contribution in [0.25, 0.3) is 0 Å². The van der Waals surface area contributed by atoms with E-state index in [1.165, 1.54) is 6.92 Å². The van der Waals surface area contributed by atoms with Gasteiger partial charge in [0.1, 0.15) is 5.75 Å². The van der Waals surface area contributed by atoms with E-state index in [0.29, 0.717) is 24.4 Å². The van der Waals surface area contributed by atoms with E-state index in [4.69, 9.17) is 9.47 Å². The Morgan fingerprint density at radius 2 is 1.70 bits per heavy atom. The minimum atomic E-state index is -0.375. The molecular weight excluding hydrogens is 258 g/mol. The minimum Gasteiger partial charge on any atom is -0.427 e. The SMILES string of the molecule is CC(=O)Oc1ccc(C(=O)N2C[C@@H](C)O[C@@H](C)C2)cc1. The first-order valence-electron chi connectivity index (χ1n) is 6.69. The average Bonchev–Trinajstić information content (AvgIpc) is 2.37. The quantitative estimate of drug-likeness (QED) is 0.611. The van der Waals surface area contributed by atoms with Crippen LogP contribution in [-0.4, -0.2) is 42.1 Å². The molecule has 1 aliphatic rings. The summed E-state index contributed by atoms with van der Waals surface area (Å²) in [7, 11) is 0. The van der Waals surface area contributed by atoms with Crippen molar-refractivity contribution in [1.82, 2.24) is 4.90 Å². The number of esters is 1. The van der Waals surface area contributed by atoms with Crippen LogP contribution < -0.4 is 4.74 Å². The van der Waals surface area contributed by atoms with Gasteiger partial charge < -0.3 is 14.4 Å². The van der Waals surface area contributed by atoms with Crippen LogP contribution in [0.4, 0.5) is 0 Å². The van der Waals surface area contributed by atoms with Gasteiger partial charge in [-0.1, -0.05) is 0 Å². The third kappa shape index (κ3) is 3.57. The van der Waals surface area contributed by atoms with Crippen LogP contribution in [0.15, 0.2) is 24.3 Å². The Hall–Kier alpha value is -1.88. The summed E-state index contributed by atoms with van der Waals surface area (Å²) in [4.78, 5) is 25.0. The van der Waals surface area contributed by atoms with Gasteiger partial charge in [-0.15, -0.1) is 0 Å². The molecule has 5 heteroatoms. The van der Waals surface area contributed by atoms with Crippen molar-refractivity contribution in [2.75, 3.05) is 13.1 Å². The fraction of sp³-hybridized carbons (Fsp3) is 0.467. The number of rotatable bonds is 2. The van der Waals surface area contributed by atoms with Crippen LogP contribution in [0.2, 0.25) is 0 Å². The summed E-state index contributed by atoms with van der Waals surface area (Å²) in [6, 6.07) is 6.60. The Morgan fingerprint density at radius 3 is 2.20 bits per heavy atom. The van der Waals surface area contributed by atoms with Crippen LogP contribution in [-0.2, 0) is 9.53 Å². The number of hydrogen-bond donors (Lipinski definition) is 0. The maximum Gasteiger partial charge on any atom is 0.308 e. The van der Waals surface area contributed by atoms with Crippen molar-refractivity contribution < 1.29 is 19.1 Å². The molecule has 1 fully saturated rings. The van der Waals surface area contributed by atoms with Crippen molar-refractivity contribution in [2.24, 2.45) is 0 Å². The summed E-state index contributed by atoms with van der Waals surface area (Å²) in [5.74, 6) is 0.0408. The van der Waals surface area contributed by atoms with Crippen molar-refractivity contribution in [2.45, 2.75) is 33.0 Å². The molecule has 0 spiro atoms. The molecule has 0 unspecified atom stereocenters. The number of morpholine rings is 1. The molecule has 108 valence electrons. The Bertz CT molecular complexity index is 487. The highest BCUT2D eigenvalue weighted by Crippen LogP contribution is 2.17. The van der Waals surface area contributed by atoms with Gasteiger partial charge in [0.05, 0.1) is 12.2 Å². The third-order valence-electron chi connectivity index (χ3n) is 3.07. The molecule has 2 rings (SSSR count). The van der Waals surface area contributed by atoms with Gasteiger partial charge in [-0.2, -0.15) is 0 Å². The van der Waals surface area contributed by atoms with E-state index in [-0.39, 0.29) is 24.1 Å². The zero-order valence-electron chi connectivity index (χ0n) is 12.0. The number of ether oxygens (including phenoxy) is 2. The summed E-state index contributed by atoms with van der Waals surface area (Å²) in [6.45, 7) is 6.44. The van der Waals surface area contributed by atoms with Crippen LogP contribution in [0.5, 0.6) is 5.75 Å². The van der Waals surface area contributed by atoms with Crippen molar-refractivity contribution in [3.8, 4) is 5.75 Å². The molecule has 0 aliphatic carbocycles. The third-order valence-corrected chi connectivity index (χ3v) is 3.07. The summed E-state index contributed by atoms with van der Waals surface area (Å²) >= 11 is 0. The average molecular weight is 277 g/mol. The van der Waals surface area contributed by atoms with Gasteiger partial charge in [-0.25, -0.2) is 0 Å². The van der Waals surface area contributed by atoms with Gasteiger partial charge in [0, 0.05) is 25.6 Å². The zero-order chi connectivity index (χ0) is 14.7. The summed E-state index contributed by atoms with van der Waals surface area (Å²) in [6.07, 6.45) is 0.0889. The highest BCUT2D eigenvalue weighted by molar-refractivity contribution is 5.94. The number of nitrogens with zero attached hydrogens (tertiary/aromatic N) is 1. The van der Waals surface area contributed by atoms with E-state index in [1.54, 1.807) is 29.2 Å². The molecule has 1 aliphatic heterocycles. The molecule has 0 aromatic heterocycles. The Kier molecular flexibility index (Phi) is 4.39. The normalized spacial score (nSPS) is 22.4. The van der Waals surface area contributed by atoms with Crippen LogP contribution in [0.1, 0.15) is 31.1 Å². The second kappa shape index (κ2) is 6.05. The van der Waals surface area contributed by atoms with Gasteiger partial charge in [0.25, 0.3) is 5.91 Å². The maximum absolute atomic E-state index is 12.4. The van der Waals surface area contributed by atoms with E-state index in [9.17, 15) is 9.59 Å². The summed E-state index contributed by atoms with van der Waals surface area (Å²) < 4.78 is 10.6. The first kappa shape index (κ1) is 14.5. The van der Waals surface area contributed by atoms with Crippen molar-refractivity contribution in [3.63, 3.8) is 0 Å². The smallest absolute Gasteiger partial charge is 0.308 e. The van der Waals surface area contributed by atoms with Gasteiger partial charge in [0.15, 0.2) is 0 Å². The number of carbonyl (C=O) groups is 2. The molecule has 0 bridgehead atoms. The van der Waals surface area contributed by atoms with E-state index in [0.717, 1.165) is 0 Å². The molecule has 1 aromatic carbocycles. The standard InChI is InChI=1S/C15H19NO4/c1-10-8-16(9-11(2)19-10)15(18)13-4-6-14(7-5-13)20-12(3)17/h4-7,10-11H,8-9H2,1-3H3/t10-,11+. The predicted molar refractivity (Wildman–Crippen MR) is 73.7 cm³/mol. The zero-order valence-corrected chi connectivity index (χ0v) is 12.0. The Morgan fingerprint density at radius 1 is 1.15 bits per heavy atom. The molecule has 1 saturated heterocycles. The van der Waals surface area contributed by atoms with Crippen LogP contribution >= 0.6 is 0 Å². The second-order valence-electron chi connectivity index (χ2n) is 5.09. The number of hydrogen-bond acceptors (Lipinski definition) is 4. The topological polar surface area (TPSA) is 55.8 Å². The molecule has 0 N–H and O–H groups in total. The molecule has 1 heterocycles. The Balaban J connectivity index is 2.07. The molecule has 20 heavy (non-hydrogen) atoms. The highest BCUT2D eigenvalue weighted by Gasteiger charge is 2.26. The summed E-state index contributed by atoms with van der Waals surface area (Å²) in [5, 5.41) is 0. The fourth-order valence-electron chi connectivity index (χ4n) is 2.36. The van der Waals surface area contributed by atoms with E-state index >= 15 is 0 Å². The molecule has 1 amide bonds. The highest BCUT2D eigenvalue weighted by atomic mass is 16.5. The molecule has 0 radical (unpaired) electrons. The van der Waals surface area contributed by atoms with Crippen molar-refractivity contribution in [3.05, 3.63) is 29.8 Å². The summed E-state index contributed by atoms with van der Waals surface area (Å²) in [5.41, 5.74) is 0.585.